The minimum absolute atomic E-state index is 0.0780. The van der Waals surface area contributed by atoms with Gasteiger partial charge in [0, 0.05) is 5.92 Å². The number of hydrogen-bond donors (Lipinski definition) is 0. The molecule has 1 atom stereocenters. The molecule has 94 valence electrons. The lowest BCUT2D eigenvalue weighted by Crippen LogP contribution is -2.35. The van der Waals surface area contributed by atoms with Crippen molar-refractivity contribution in [1.29, 1.82) is 0 Å². The molecule has 0 aromatic heterocycles. The van der Waals surface area contributed by atoms with E-state index in [2.05, 4.69) is 4.74 Å². The van der Waals surface area contributed by atoms with Crippen LogP contribution in [0.1, 0.15) is 40.5 Å². The third-order valence-electron chi connectivity index (χ3n) is 2.60. The summed E-state index contributed by atoms with van der Waals surface area (Å²) in [5.41, 5.74) is 0. The van der Waals surface area contributed by atoms with Gasteiger partial charge in [-0.2, -0.15) is 0 Å². The molecule has 0 fully saturated rings. The molecule has 4 heteroatoms. The van der Waals surface area contributed by atoms with Crippen molar-refractivity contribution >= 4 is 11.9 Å². The van der Waals surface area contributed by atoms with Crippen molar-refractivity contribution in [3.8, 4) is 0 Å². The largest absolute Gasteiger partial charge is 0.466 e. The van der Waals surface area contributed by atoms with E-state index in [1.807, 2.05) is 27.7 Å². The number of carbonyl (C=O) groups excluding carboxylic acids is 2. The van der Waals surface area contributed by atoms with Crippen LogP contribution in [0.25, 0.3) is 0 Å². The molecule has 0 amide bonds. The molecule has 0 aromatic rings. The van der Waals surface area contributed by atoms with Gasteiger partial charge in [0.25, 0.3) is 0 Å². The highest BCUT2D eigenvalue weighted by atomic mass is 16.6. The lowest BCUT2D eigenvalue weighted by atomic mass is 10.0. The number of carbonyl (C=O) groups is 2. The van der Waals surface area contributed by atoms with Crippen LogP contribution in [0.3, 0.4) is 0 Å². The lowest BCUT2D eigenvalue weighted by molar-refractivity contribution is -0.172. The van der Waals surface area contributed by atoms with Gasteiger partial charge in [-0.25, -0.2) is 4.79 Å². The molecular weight excluding hydrogens is 208 g/mol. The van der Waals surface area contributed by atoms with Crippen LogP contribution in [0.4, 0.5) is 0 Å². The molecule has 0 aromatic carbocycles. The van der Waals surface area contributed by atoms with Crippen molar-refractivity contribution in [2.75, 3.05) is 7.11 Å². The first-order valence-electron chi connectivity index (χ1n) is 5.76. The number of hydrogen-bond acceptors (Lipinski definition) is 4. The highest BCUT2D eigenvalue weighted by Crippen LogP contribution is 2.15. The van der Waals surface area contributed by atoms with Crippen molar-refractivity contribution < 1.29 is 19.1 Å². The van der Waals surface area contributed by atoms with Crippen molar-refractivity contribution in [1.82, 2.24) is 0 Å². The van der Waals surface area contributed by atoms with E-state index in [9.17, 15) is 9.59 Å². The van der Waals surface area contributed by atoms with E-state index in [1.165, 1.54) is 7.11 Å². The van der Waals surface area contributed by atoms with E-state index in [0.717, 1.165) is 12.8 Å². The number of methoxy groups -OCH3 is 1. The Hall–Kier alpha value is -1.06. The summed E-state index contributed by atoms with van der Waals surface area (Å²) in [5.74, 6) is -1.01. The summed E-state index contributed by atoms with van der Waals surface area (Å²) in [6, 6.07) is 0. The van der Waals surface area contributed by atoms with Crippen LogP contribution in [-0.4, -0.2) is 25.2 Å². The fourth-order valence-electron chi connectivity index (χ4n) is 1.42. The third-order valence-corrected chi connectivity index (χ3v) is 2.60. The summed E-state index contributed by atoms with van der Waals surface area (Å²) >= 11 is 0. The molecule has 0 aliphatic heterocycles. The van der Waals surface area contributed by atoms with E-state index in [1.54, 1.807) is 0 Å². The standard InChI is InChI=1S/C12H22O4/c1-6-9(7-2)11(13)16-10(8(3)4)12(14)15-5/h8-10H,6-7H2,1-5H3. The van der Waals surface area contributed by atoms with Crippen LogP contribution >= 0.6 is 0 Å². The minimum atomic E-state index is -0.793. The van der Waals surface area contributed by atoms with Gasteiger partial charge in [-0.3, -0.25) is 4.79 Å². The first-order valence-corrected chi connectivity index (χ1v) is 5.76. The molecule has 0 bridgehead atoms. The normalized spacial score (nSPS) is 12.7. The molecular formula is C12H22O4. The molecule has 0 aliphatic carbocycles. The third kappa shape index (κ3) is 4.21. The Balaban J connectivity index is 4.51. The Morgan fingerprint density at radius 2 is 1.56 bits per heavy atom. The molecule has 0 saturated heterocycles. The zero-order chi connectivity index (χ0) is 12.7. The zero-order valence-corrected chi connectivity index (χ0v) is 10.8. The molecule has 0 aliphatic rings. The van der Waals surface area contributed by atoms with Crippen LogP contribution < -0.4 is 0 Å². The molecule has 0 heterocycles. The van der Waals surface area contributed by atoms with Gasteiger partial charge >= 0.3 is 11.9 Å². The SMILES string of the molecule is CCC(CC)C(=O)OC(C(=O)OC)C(C)C. The van der Waals surface area contributed by atoms with Crippen molar-refractivity contribution in [3.63, 3.8) is 0 Å². The Kier molecular flexibility index (Phi) is 6.77. The van der Waals surface area contributed by atoms with E-state index < -0.39 is 12.1 Å². The second kappa shape index (κ2) is 7.25. The summed E-state index contributed by atoms with van der Waals surface area (Å²) < 4.78 is 9.80. The Morgan fingerprint density at radius 3 is 1.88 bits per heavy atom. The summed E-state index contributed by atoms with van der Waals surface area (Å²) in [6.45, 7) is 7.50. The van der Waals surface area contributed by atoms with Crippen molar-refractivity contribution in [3.05, 3.63) is 0 Å². The molecule has 0 rings (SSSR count). The first-order chi connectivity index (χ1) is 7.47. The maximum Gasteiger partial charge on any atom is 0.347 e. The van der Waals surface area contributed by atoms with Gasteiger partial charge in [0.1, 0.15) is 0 Å². The molecule has 0 saturated carbocycles. The number of rotatable bonds is 6. The summed E-state index contributed by atoms with van der Waals surface area (Å²) in [6.07, 6.45) is 0.654. The van der Waals surface area contributed by atoms with Gasteiger partial charge < -0.3 is 9.47 Å². The van der Waals surface area contributed by atoms with Crippen LogP contribution in [0.15, 0.2) is 0 Å². The number of ether oxygens (including phenoxy) is 2. The minimum Gasteiger partial charge on any atom is -0.466 e. The predicted octanol–water partition coefficient (Wildman–Crippen LogP) is 2.16. The summed E-state index contributed by atoms with van der Waals surface area (Å²) in [4.78, 5) is 23.1. The van der Waals surface area contributed by atoms with Gasteiger partial charge in [-0.05, 0) is 12.8 Å². The van der Waals surface area contributed by atoms with Gasteiger partial charge in [-0.15, -0.1) is 0 Å². The molecule has 0 spiro atoms. The van der Waals surface area contributed by atoms with E-state index in [-0.39, 0.29) is 17.8 Å². The van der Waals surface area contributed by atoms with Crippen LogP contribution in [0.2, 0.25) is 0 Å². The second-order valence-corrected chi connectivity index (χ2v) is 4.14. The van der Waals surface area contributed by atoms with E-state index in [4.69, 9.17) is 4.74 Å². The highest BCUT2D eigenvalue weighted by Gasteiger charge is 2.29. The molecule has 0 radical (unpaired) electrons. The Bertz CT molecular complexity index is 231. The van der Waals surface area contributed by atoms with E-state index in [0.29, 0.717) is 0 Å². The Labute approximate surface area is 97.3 Å². The fraction of sp³-hybridized carbons (Fsp3) is 0.833. The topological polar surface area (TPSA) is 52.6 Å². The second-order valence-electron chi connectivity index (χ2n) is 4.14. The zero-order valence-electron chi connectivity index (χ0n) is 10.8. The molecule has 4 nitrogen and oxygen atoms in total. The molecule has 0 N–H and O–H groups in total. The quantitative estimate of drug-likeness (QED) is 0.656. The Morgan fingerprint density at radius 1 is 1.06 bits per heavy atom. The maximum atomic E-state index is 11.7. The van der Waals surface area contributed by atoms with Gasteiger partial charge in [0.05, 0.1) is 13.0 Å². The van der Waals surface area contributed by atoms with Gasteiger partial charge in [0.2, 0.25) is 6.10 Å². The average molecular weight is 230 g/mol. The predicted molar refractivity (Wildman–Crippen MR) is 60.8 cm³/mol. The first kappa shape index (κ1) is 14.9. The van der Waals surface area contributed by atoms with Crippen LogP contribution in [0, 0.1) is 11.8 Å². The summed E-state index contributed by atoms with van der Waals surface area (Å²) in [7, 11) is 1.29. The monoisotopic (exact) mass is 230 g/mol. The smallest absolute Gasteiger partial charge is 0.347 e. The van der Waals surface area contributed by atoms with E-state index >= 15 is 0 Å². The summed E-state index contributed by atoms with van der Waals surface area (Å²) in [5, 5.41) is 0. The van der Waals surface area contributed by atoms with Crippen molar-refractivity contribution in [2.45, 2.75) is 46.6 Å². The highest BCUT2D eigenvalue weighted by molar-refractivity contribution is 5.80. The van der Waals surface area contributed by atoms with Crippen LogP contribution in [0.5, 0.6) is 0 Å². The fourth-order valence-corrected chi connectivity index (χ4v) is 1.42. The molecule has 1 unspecified atom stereocenters. The van der Waals surface area contributed by atoms with Crippen molar-refractivity contribution in [2.24, 2.45) is 11.8 Å². The van der Waals surface area contributed by atoms with Crippen LogP contribution in [-0.2, 0) is 19.1 Å². The van der Waals surface area contributed by atoms with Gasteiger partial charge in [-0.1, -0.05) is 27.7 Å². The average Bonchev–Trinajstić information content (AvgIpc) is 2.26. The molecule has 16 heavy (non-hydrogen) atoms. The number of esters is 2. The lowest BCUT2D eigenvalue weighted by Gasteiger charge is -2.21. The maximum absolute atomic E-state index is 11.7. The van der Waals surface area contributed by atoms with Gasteiger partial charge in [0.15, 0.2) is 0 Å².